The van der Waals surface area contributed by atoms with E-state index in [1.165, 1.54) is 0 Å². The second-order valence-electron chi connectivity index (χ2n) is 8.77. The number of ether oxygens (including phenoxy) is 1. The number of carbonyl (C=O) groups is 2. The first-order valence-corrected chi connectivity index (χ1v) is 10.7. The number of hydrogen-bond donors (Lipinski definition) is 2. The van der Waals surface area contributed by atoms with Gasteiger partial charge >= 0.3 is 6.03 Å². The van der Waals surface area contributed by atoms with Crippen LogP contribution >= 0.6 is 0 Å². The van der Waals surface area contributed by atoms with Crippen LogP contribution in [0.4, 0.5) is 10.5 Å². The van der Waals surface area contributed by atoms with Gasteiger partial charge in [-0.2, -0.15) is 0 Å². The van der Waals surface area contributed by atoms with E-state index in [1.807, 2.05) is 53.4 Å². The van der Waals surface area contributed by atoms with Crippen LogP contribution in [0.25, 0.3) is 0 Å². The van der Waals surface area contributed by atoms with E-state index in [4.69, 9.17) is 4.74 Å². The summed E-state index contributed by atoms with van der Waals surface area (Å²) in [5.74, 6) is 0.969. The number of anilines is 1. The van der Waals surface area contributed by atoms with Gasteiger partial charge in [-0.25, -0.2) is 4.79 Å². The average molecular weight is 423 g/mol. The first kappa shape index (κ1) is 21.2. The first-order chi connectivity index (χ1) is 14.9. The quantitative estimate of drug-likeness (QED) is 0.751. The molecule has 3 amide bonds. The molecule has 0 saturated carbocycles. The second-order valence-corrected chi connectivity index (χ2v) is 8.77. The molecule has 2 aliphatic heterocycles. The van der Waals surface area contributed by atoms with Crippen molar-refractivity contribution in [3.63, 3.8) is 0 Å². The van der Waals surface area contributed by atoms with Crippen LogP contribution in [0.5, 0.6) is 5.75 Å². The lowest BCUT2D eigenvalue weighted by Crippen LogP contribution is -2.55. The molecule has 7 nitrogen and oxygen atoms in total. The van der Waals surface area contributed by atoms with Crippen molar-refractivity contribution >= 4 is 17.6 Å². The number of likely N-dealkylation sites (tertiary alicyclic amines) is 2. The molecule has 2 fully saturated rings. The van der Waals surface area contributed by atoms with Crippen molar-refractivity contribution in [1.82, 2.24) is 15.1 Å². The lowest BCUT2D eigenvalue weighted by molar-refractivity contribution is -0.130. The molecule has 2 aromatic rings. The van der Waals surface area contributed by atoms with Gasteiger partial charge in [-0.05, 0) is 48.9 Å². The summed E-state index contributed by atoms with van der Waals surface area (Å²) < 4.78 is 5.13. The molecular weight excluding hydrogens is 392 g/mol. The van der Waals surface area contributed by atoms with Crippen LogP contribution in [0.15, 0.2) is 48.5 Å². The zero-order valence-corrected chi connectivity index (χ0v) is 18.2. The van der Waals surface area contributed by atoms with E-state index in [-0.39, 0.29) is 11.9 Å². The Balaban J connectivity index is 1.22. The third-order valence-corrected chi connectivity index (χ3v) is 6.18. The summed E-state index contributed by atoms with van der Waals surface area (Å²) >= 11 is 0. The molecule has 2 aromatic carbocycles. The summed E-state index contributed by atoms with van der Waals surface area (Å²) in [4.78, 5) is 29.1. The lowest BCUT2D eigenvalue weighted by Gasteiger charge is -2.46. The molecule has 2 N–H and O–H groups in total. The molecule has 0 aromatic heterocycles. The maximum Gasteiger partial charge on any atom is 0.319 e. The number of methoxy groups -OCH3 is 1. The van der Waals surface area contributed by atoms with Gasteiger partial charge in [-0.15, -0.1) is 0 Å². The fourth-order valence-corrected chi connectivity index (χ4v) is 4.60. The molecule has 0 bridgehead atoms. The molecule has 31 heavy (non-hydrogen) atoms. The van der Waals surface area contributed by atoms with Crippen molar-refractivity contribution in [1.29, 1.82) is 0 Å². The Morgan fingerprint density at radius 2 is 1.68 bits per heavy atom. The molecule has 0 radical (unpaired) electrons. The van der Waals surface area contributed by atoms with Crippen molar-refractivity contribution in [3.05, 3.63) is 59.7 Å². The zero-order chi connectivity index (χ0) is 21.8. The van der Waals surface area contributed by atoms with Crippen LogP contribution in [-0.2, 0) is 17.8 Å². The van der Waals surface area contributed by atoms with Gasteiger partial charge in [0.25, 0.3) is 0 Å². The van der Waals surface area contributed by atoms with Crippen molar-refractivity contribution in [2.24, 2.45) is 5.41 Å². The smallest absolute Gasteiger partial charge is 0.319 e. The van der Waals surface area contributed by atoms with E-state index in [1.54, 1.807) is 7.11 Å². The predicted octanol–water partition coefficient (Wildman–Crippen LogP) is 2.72. The highest BCUT2D eigenvalue weighted by Crippen LogP contribution is 2.38. The Kier molecular flexibility index (Phi) is 6.13. The van der Waals surface area contributed by atoms with E-state index in [9.17, 15) is 9.59 Å². The number of nitrogens with one attached hydrogen (secondary N) is 2. The number of benzene rings is 2. The van der Waals surface area contributed by atoms with Gasteiger partial charge in [0.15, 0.2) is 0 Å². The van der Waals surface area contributed by atoms with E-state index in [2.05, 4.69) is 22.6 Å². The summed E-state index contributed by atoms with van der Waals surface area (Å²) in [6, 6.07) is 14.8. The topological polar surface area (TPSA) is 73.9 Å². The number of rotatable bonds is 6. The van der Waals surface area contributed by atoms with E-state index < -0.39 is 0 Å². The van der Waals surface area contributed by atoms with Gasteiger partial charge in [-0.3, -0.25) is 4.79 Å². The second kappa shape index (κ2) is 8.98. The van der Waals surface area contributed by atoms with E-state index >= 15 is 0 Å². The van der Waals surface area contributed by atoms with E-state index in [0.29, 0.717) is 24.1 Å². The maximum atomic E-state index is 12.7. The van der Waals surface area contributed by atoms with Crippen LogP contribution in [0.2, 0.25) is 0 Å². The average Bonchev–Trinajstić information content (AvgIpc) is 3.19. The molecule has 7 heteroatoms. The Bertz CT molecular complexity index is 921. The molecular formula is C24H30N4O3. The van der Waals surface area contributed by atoms with Crippen molar-refractivity contribution in [2.75, 3.05) is 45.7 Å². The van der Waals surface area contributed by atoms with Gasteiger partial charge in [0.1, 0.15) is 5.75 Å². The van der Waals surface area contributed by atoms with E-state index in [0.717, 1.165) is 49.5 Å². The highest BCUT2D eigenvalue weighted by Gasteiger charge is 2.46. The SMILES string of the molecule is COc1ccc(CNC(=O)Nc2ccc(CC(=O)N3CCC4(CN(C)C4)C3)cc2)cc1. The third-order valence-electron chi connectivity index (χ3n) is 6.18. The summed E-state index contributed by atoms with van der Waals surface area (Å²) in [5, 5.41) is 5.66. The summed E-state index contributed by atoms with van der Waals surface area (Å²) in [6.45, 7) is 4.36. The van der Waals surface area contributed by atoms with Gasteiger partial charge in [0.2, 0.25) is 5.91 Å². The fraction of sp³-hybridized carbons (Fsp3) is 0.417. The Morgan fingerprint density at radius 3 is 2.32 bits per heavy atom. The lowest BCUT2D eigenvalue weighted by atomic mass is 9.79. The molecule has 0 aliphatic carbocycles. The third kappa shape index (κ3) is 5.17. The number of nitrogens with zero attached hydrogens (tertiary/aromatic N) is 2. The Labute approximate surface area is 183 Å². The minimum absolute atomic E-state index is 0.185. The highest BCUT2D eigenvalue weighted by molar-refractivity contribution is 5.89. The Morgan fingerprint density at radius 1 is 1.00 bits per heavy atom. The molecule has 2 heterocycles. The molecule has 2 aliphatic rings. The monoisotopic (exact) mass is 422 g/mol. The minimum Gasteiger partial charge on any atom is -0.497 e. The van der Waals surface area contributed by atoms with Crippen LogP contribution in [0, 0.1) is 5.41 Å². The summed E-state index contributed by atoms with van der Waals surface area (Å²) in [6.07, 6.45) is 1.51. The number of urea groups is 1. The molecule has 0 unspecified atom stereocenters. The Hall–Kier alpha value is -3.06. The molecule has 1 spiro atoms. The standard InChI is InChI=1S/C24H30N4O3/c1-27-15-24(16-27)11-12-28(17-24)22(29)13-18-3-7-20(8-4-18)26-23(30)25-14-19-5-9-21(31-2)10-6-19/h3-10H,11-17H2,1-2H3,(H2,25,26,30). The molecule has 4 rings (SSSR count). The van der Waals surface area contributed by atoms with Gasteiger partial charge in [0.05, 0.1) is 13.5 Å². The van der Waals surface area contributed by atoms with Gasteiger partial charge in [-0.1, -0.05) is 24.3 Å². The number of carbonyl (C=O) groups excluding carboxylic acids is 2. The van der Waals surface area contributed by atoms with Gasteiger partial charge < -0.3 is 25.2 Å². The van der Waals surface area contributed by atoms with Gasteiger partial charge in [0, 0.05) is 43.8 Å². The summed E-state index contributed by atoms with van der Waals surface area (Å²) in [7, 11) is 3.75. The minimum atomic E-state index is -0.271. The predicted molar refractivity (Wildman–Crippen MR) is 120 cm³/mol. The van der Waals surface area contributed by atoms with Crippen LogP contribution in [-0.4, -0.2) is 62.1 Å². The van der Waals surface area contributed by atoms with Crippen LogP contribution < -0.4 is 15.4 Å². The number of hydrogen-bond acceptors (Lipinski definition) is 4. The van der Waals surface area contributed by atoms with Crippen LogP contribution in [0.3, 0.4) is 0 Å². The molecule has 164 valence electrons. The van der Waals surface area contributed by atoms with Crippen molar-refractivity contribution < 1.29 is 14.3 Å². The maximum absolute atomic E-state index is 12.7. The van der Waals surface area contributed by atoms with Crippen LogP contribution in [0.1, 0.15) is 17.5 Å². The molecule has 2 saturated heterocycles. The normalized spacial score (nSPS) is 17.3. The summed E-state index contributed by atoms with van der Waals surface area (Å²) in [5.41, 5.74) is 2.97. The molecule has 0 atom stereocenters. The number of amides is 3. The highest BCUT2D eigenvalue weighted by atomic mass is 16.5. The van der Waals surface area contributed by atoms with Crippen molar-refractivity contribution in [3.8, 4) is 5.75 Å². The zero-order valence-electron chi connectivity index (χ0n) is 18.2. The van der Waals surface area contributed by atoms with Crippen molar-refractivity contribution in [2.45, 2.75) is 19.4 Å². The fourth-order valence-electron chi connectivity index (χ4n) is 4.60. The largest absolute Gasteiger partial charge is 0.497 e. The first-order valence-electron chi connectivity index (χ1n) is 10.7.